The van der Waals surface area contributed by atoms with Crippen LogP contribution in [0, 0.1) is 18.3 Å². The highest BCUT2D eigenvalue weighted by Gasteiger charge is 2.05. The van der Waals surface area contributed by atoms with Crippen LogP contribution in [0.5, 0.6) is 0 Å². The van der Waals surface area contributed by atoms with E-state index in [-0.39, 0.29) is 0 Å². The number of hydrogen-bond acceptors (Lipinski definition) is 4. The number of hydrogen-bond donors (Lipinski definition) is 1. The van der Waals surface area contributed by atoms with Gasteiger partial charge < -0.3 is 5.32 Å². The number of anilines is 2. The number of rotatable bonds is 2. The fourth-order valence-electron chi connectivity index (χ4n) is 1.35. The lowest BCUT2D eigenvalue weighted by Gasteiger charge is -2.04. The van der Waals surface area contributed by atoms with E-state index in [1.807, 2.05) is 32.3 Å². The second-order valence-corrected chi connectivity index (χ2v) is 3.46. The fourth-order valence-corrected chi connectivity index (χ4v) is 1.35. The molecule has 16 heavy (non-hydrogen) atoms. The highest BCUT2D eigenvalue weighted by Crippen LogP contribution is 2.16. The zero-order chi connectivity index (χ0) is 11.5. The van der Waals surface area contributed by atoms with Crippen LogP contribution in [0.3, 0.4) is 0 Å². The Morgan fingerprint density at radius 1 is 1.38 bits per heavy atom. The summed E-state index contributed by atoms with van der Waals surface area (Å²) >= 11 is 0. The van der Waals surface area contributed by atoms with Crippen LogP contribution < -0.4 is 5.32 Å². The molecular formula is C11H11N5. The van der Waals surface area contributed by atoms with E-state index >= 15 is 0 Å². The van der Waals surface area contributed by atoms with E-state index in [0.717, 1.165) is 5.69 Å². The van der Waals surface area contributed by atoms with E-state index in [0.29, 0.717) is 17.2 Å². The summed E-state index contributed by atoms with van der Waals surface area (Å²) in [5.74, 6) is 1.22. The maximum absolute atomic E-state index is 8.94. The molecule has 0 bridgehead atoms. The van der Waals surface area contributed by atoms with Gasteiger partial charge in [-0.15, -0.1) is 0 Å². The topological polar surface area (TPSA) is 66.5 Å². The van der Waals surface area contributed by atoms with E-state index in [2.05, 4.69) is 21.5 Å². The van der Waals surface area contributed by atoms with Crippen molar-refractivity contribution >= 4 is 11.6 Å². The first-order valence-corrected chi connectivity index (χ1v) is 4.83. The van der Waals surface area contributed by atoms with Crippen LogP contribution in [0.25, 0.3) is 0 Å². The predicted molar refractivity (Wildman–Crippen MR) is 60.2 cm³/mol. The van der Waals surface area contributed by atoms with Crippen LogP contribution in [0.4, 0.5) is 11.6 Å². The summed E-state index contributed by atoms with van der Waals surface area (Å²) in [5, 5.41) is 16.1. The van der Waals surface area contributed by atoms with E-state index in [1.54, 1.807) is 10.7 Å². The molecule has 0 saturated carbocycles. The van der Waals surface area contributed by atoms with Gasteiger partial charge in [0.2, 0.25) is 0 Å². The molecule has 1 N–H and O–H groups in total. The summed E-state index contributed by atoms with van der Waals surface area (Å²) in [6.07, 6.45) is 1.82. The summed E-state index contributed by atoms with van der Waals surface area (Å²) in [5.41, 5.74) is 1.37. The molecule has 2 aromatic heterocycles. The average molecular weight is 213 g/mol. The Morgan fingerprint density at radius 2 is 2.19 bits per heavy atom. The van der Waals surface area contributed by atoms with Crippen molar-refractivity contribution in [3.05, 3.63) is 35.7 Å². The van der Waals surface area contributed by atoms with E-state index in [1.165, 1.54) is 0 Å². The van der Waals surface area contributed by atoms with Gasteiger partial charge in [-0.1, -0.05) is 0 Å². The van der Waals surface area contributed by atoms with Gasteiger partial charge in [0.15, 0.2) is 5.82 Å². The molecule has 0 atom stereocenters. The van der Waals surface area contributed by atoms with Crippen molar-refractivity contribution in [2.24, 2.45) is 7.05 Å². The predicted octanol–water partition coefficient (Wildman–Crippen LogP) is 1.74. The number of nitriles is 1. The van der Waals surface area contributed by atoms with Crippen molar-refractivity contribution < 1.29 is 0 Å². The number of nitrogens with one attached hydrogen (secondary N) is 1. The second-order valence-electron chi connectivity index (χ2n) is 3.46. The Bertz CT molecular complexity index is 550. The van der Waals surface area contributed by atoms with Crippen molar-refractivity contribution in [3.8, 4) is 6.07 Å². The molecule has 5 heteroatoms. The first-order valence-electron chi connectivity index (χ1n) is 4.83. The molecule has 0 saturated heterocycles. The Morgan fingerprint density at radius 3 is 2.81 bits per heavy atom. The van der Waals surface area contributed by atoms with Crippen LogP contribution in [-0.2, 0) is 7.05 Å². The third-order valence-electron chi connectivity index (χ3n) is 2.12. The zero-order valence-electron chi connectivity index (χ0n) is 9.10. The van der Waals surface area contributed by atoms with Gasteiger partial charge in [0.1, 0.15) is 11.9 Å². The number of aromatic nitrogens is 3. The first kappa shape index (κ1) is 10.2. The summed E-state index contributed by atoms with van der Waals surface area (Å²) in [4.78, 5) is 4.27. The average Bonchev–Trinajstić information content (AvgIpc) is 2.64. The standard InChI is InChI=1S/C11H11N5/c1-8-3-4-9(7-12)11(13-8)14-10-5-6-16(2)15-10/h3-6H,1-2H3,(H,13,14,15). The summed E-state index contributed by atoms with van der Waals surface area (Å²) in [7, 11) is 1.83. The molecule has 0 spiro atoms. The molecular weight excluding hydrogens is 202 g/mol. The van der Waals surface area contributed by atoms with Gasteiger partial charge in [-0.25, -0.2) is 4.98 Å². The first-order chi connectivity index (χ1) is 7.69. The van der Waals surface area contributed by atoms with Gasteiger partial charge in [-0.2, -0.15) is 10.4 Å². The van der Waals surface area contributed by atoms with Gasteiger partial charge in [0.05, 0.1) is 5.56 Å². The lowest BCUT2D eigenvalue weighted by atomic mass is 10.2. The van der Waals surface area contributed by atoms with Gasteiger partial charge in [0.25, 0.3) is 0 Å². The van der Waals surface area contributed by atoms with E-state index in [4.69, 9.17) is 5.26 Å². The Hall–Kier alpha value is -2.35. The molecule has 0 aliphatic heterocycles. The van der Waals surface area contributed by atoms with Crippen LogP contribution in [0.15, 0.2) is 24.4 Å². The number of aryl methyl sites for hydroxylation is 2. The summed E-state index contributed by atoms with van der Waals surface area (Å²) < 4.78 is 1.68. The lowest BCUT2D eigenvalue weighted by molar-refractivity contribution is 0.771. The van der Waals surface area contributed by atoms with Crippen molar-refractivity contribution in [1.82, 2.24) is 14.8 Å². The van der Waals surface area contributed by atoms with Crippen molar-refractivity contribution in [1.29, 1.82) is 5.26 Å². The molecule has 2 aromatic rings. The molecule has 0 fully saturated rings. The molecule has 5 nitrogen and oxygen atoms in total. The number of nitrogens with zero attached hydrogens (tertiary/aromatic N) is 4. The maximum Gasteiger partial charge on any atom is 0.153 e. The van der Waals surface area contributed by atoms with Crippen LogP contribution in [0.2, 0.25) is 0 Å². The molecule has 0 unspecified atom stereocenters. The van der Waals surface area contributed by atoms with Gasteiger partial charge >= 0.3 is 0 Å². The fraction of sp³-hybridized carbons (Fsp3) is 0.182. The van der Waals surface area contributed by atoms with Crippen LogP contribution in [0.1, 0.15) is 11.3 Å². The lowest BCUT2D eigenvalue weighted by Crippen LogP contribution is -1.99. The molecule has 0 aliphatic rings. The minimum atomic E-state index is 0.510. The van der Waals surface area contributed by atoms with E-state index < -0.39 is 0 Å². The zero-order valence-corrected chi connectivity index (χ0v) is 9.10. The van der Waals surface area contributed by atoms with E-state index in [9.17, 15) is 0 Å². The summed E-state index contributed by atoms with van der Waals surface area (Å²) in [6, 6.07) is 7.47. The van der Waals surface area contributed by atoms with Gasteiger partial charge in [-0.3, -0.25) is 4.68 Å². The van der Waals surface area contributed by atoms with Crippen molar-refractivity contribution in [3.63, 3.8) is 0 Å². The Labute approximate surface area is 93.4 Å². The Kier molecular flexibility index (Phi) is 2.56. The molecule has 80 valence electrons. The number of pyridine rings is 1. The minimum absolute atomic E-state index is 0.510. The highest BCUT2D eigenvalue weighted by atomic mass is 15.3. The largest absolute Gasteiger partial charge is 0.322 e. The van der Waals surface area contributed by atoms with Crippen molar-refractivity contribution in [2.45, 2.75) is 6.92 Å². The summed E-state index contributed by atoms with van der Waals surface area (Å²) in [6.45, 7) is 1.88. The monoisotopic (exact) mass is 213 g/mol. The van der Waals surface area contributed by atoms with Gasteiger partial charge in [-0.05, 0) is 19.1 Å². The second kappa shape index (κ2) is 4.03. The van der Waals surface area contributed by atoms with Crippen LogP contribution in [-0.4, -0.2) is 14.8 Å². The minimum Gasteiger partial charge on any atom is -0.322 e. The quantitative estimate of drug-likeness (QED) is 0.825. The normalized spacial score (nSPS) is 9.81. The molecule has 0 radical (unpaired) electrons. The third kappa shape index (κ3) is 2.01. The van der Waals surface area contributed by atoms with Crippen molar-refractivity contribution in [2.75, 3.05) is 5.32 Å². The van der Waals surface area contributed by atoms with Crippen LogP contribution >= 0.6 is 0 Å². The maximum atomic E-state index is 8.94. The SMILES string of the molecule is Cc1ccc(C#N)c(Nc2ccn(C)n2)n1. The van der Waals surface area contributed by atoms with Gasteiger partial charge in [0, 0.05) is 25.0 Å². The molecule has 2 rings (SSSR count). The molecule has 0 aliphatic carbocycles. The molecule has 2 heterocycles. The Balaban J connectivity index is 2.34. The molecule has 0 amide bonds. The smallest absolute Gasteiger partial charge is 0.153 e. The third-order valence-corrected chi connectivity index (χ3v) is 2.12. The highest BCUT2D eigenvalue weighted by molar-refractivity contribution is 5.59. The molecule has 0 aromatic carbocycles.